The average molecular weight is 215 g/mol. The number of carbonyl (C=O) groups excluding carboxylic acids is 1. The number of hydrogen-bond acceptors (Lipinski definition) is 2. The summed E-state index contributed by atoms with van der Waals surface area (Å²) in [6.45, 7) is 8.57. The summed E-state index contributed by atoms with van der Waals surface area (Å²) in [5.74, 6) is -0.357. The fourth-order valence-electron chi connectivity index (χ4n) is 2.15. The van der Waals surface area contributed by atoms with Crippen LogP contribution >= 0.6 is 0 Å². The van der Waals surface area contributed by atoms with Crippen molar-refractivity contribution in [1.29, 1.82) is 0 Å². The molecule has 0 unspecified atom stereocenters. The van der Waals surface area contributed by atoms with Crippen LogP contribution in [-0.4, -0.2) is 23.8 Å². The lowest BCUT2D eigenvalue weighted by Crippen LogP contribution is -2.29. The van der Waals surface area contributed by atoms with Gasteiger partial charge in [0.25, 0.3) is 0 Å². The van der Waals surface area contributed by atoms with Gasteiger partial charge in [0.2, 0.25) is 0 Å². The maximum atomic E-state index is 10.9. The van der Waals surface area contributed by atoms with Crippen molar-refractivity contribution in [2.45, 2.75) is 25.8 Å². The van der Waals surface area contributed by atoms with Crippen molar-refractivity contribution >= 4 is 5.78 Å². The molecular weight excluding hydrogens is 198 g/mol. The molecule has 2 heteroatoms. The number of hydrogen-bond donors (Lipinski definition) is 0. The van der Waals surface area contributed by atoms with Crippen LogP contribution in [-0.2, 0) is 6.54 Å². The van der Waals surface area contributed by atoms with Crippen LogP contribution in [0.5, 0.6) is 0 Å². The highest BCUT2D eigenvalue weighted by Gasteiger charge is 2.10. The monoisotopic (exact) mass is 215 g/mol. The number of piperidine rings is 1. The Hall–Kier alpha value is -1.15. The normalized spacial score (nSPS) is 17.3. The predicted molar refractivity (Wildman–Crippen MR) is 64.2 cm³/mol. The maximum absolute atomic E-state index is 10.9. The van der Waals surface area contributed by atoms with Crippen molar-refractivity contribution in [3.05, 3.63) is 42.3 Å². The van der Waals surface area contributed by atoms with E-state index in [9.17, 15) is 4.79 Å². The molecule has 1 saturated heterocycles. The molecule has 2 rings (SSSR count). The lowest BCUT2D eigenvalue weighted by Gasteiger charge is -2.26. The zero-order valence-corrected chi connectivity index (χ0v) is 9.48. The van der Waals surface area contributed by atoms with Crippen LogP contribution in [0.15, 0.2) is 24.3 Å². The SMILES string of the molecule is [CH]C(=O)c1ccc(CN2CCCCC2)cc1. The number of ketones is 1. The molecule has 0 N–H and O–H groups in total. The first-order chi connectivity index (χ1) is 7.75. The second kappa shape index (κ2) is 5.26. The number of rotatable bonds is 3. The van der Waals surface area contributed by atoms with Gasteiger partial charge in [0, 0.05) is 19.0 Å². The first kappa shape index (κ1) is 11.3. The van der Waals surface area contributed by atoms with Gasteiger partial charge in [0.1, 0.15) is 0 Å². The van der Waals surface area contributed by atoms with Gasteiger partial charge in [-0.2, -0.15) is 0 Å². The second-order valence-corrected chi connectivity index (χ2v) is 4.40. The summed E-state index contributed by atoms with van der Waals surface area (Å²) in [6, 6.07) is 7.60. The van der Waals surface area contributed by atoms with Crippen LogP contribution in [0, 0.1) is 6.92 Å². The Morgan fingerprint density at radius 2 is 1.75 bits per heavy atom. The molecule has 2 radical (unpaired) electrons. The van der Waals surface area contributed by atoms with Crippen molar-refractivity contribution in [3.63, 3.8) is 0 Å². The summed E-state index contributed by atoms with van der Waals surface area (Å²) in [5, 5.41) is 0. The molecule has 0 spiro atoms. The van der Waals surface area contributed by atoms with Gasteiger partial charge < -0.3 is 0 Å². The van der Waals surface area contributed by atoms with E-state index in [4.69, 9.17) is 6.92 Å². The molecule has 0 aliphatic carbocycles. The molecule has 0 atom stereocenters. The quantitative estimate of drug-likeness (QED) is 0.722. The van der Waals surface area contributed by atoms with Crippen molar-refractivity contribution < 1.29 is 4.79 Å². The third-order valence-corrected chi connectivity index (χ3v) is 3.09. The van der Waals surface area contributed by atoms with Gasteiger partial charge >= 0.3 is 0 Å². The highest BCUT2D eigenvalue weighted by Crippen LogP contribution is 2.13. The fourth-order valence-corrected chi connectivity index (χ4v) is 2.15. The molecule has 84 valence electrons. The zero-order valence-electron chi connectivity index (χ0n) is 9.48. The van der Waals surface area contributed by atoms with E-state index < -0.39 is 0 Å². The van der Waals surface area contributed by atoms with Gasteiger partial charge in [-0.05, 0) is 31.5 Å². The van der Waals surface area contributed by atoms with Crippen molar-refractivity contribution in [2.24, 2.45) is 0 Å². The lowest BCUT2D eigenvalue weighted by molar-refractivity contribution is 0.104. The molecular formula is C14H17NO. The first-order valence-corrected chi connectivity index (χ1v) is 5.87. The Kier molecular flexibility index (Phi) is 3.73. The molecule has 1 aromatic carbocycles. The Morgan fingerprint density at radius 1 is 1.12 bits per heavy atom. The molecule has 1 aliphatic heterocycles. The Labute approximate surface area is 97.3 Å². The minimum Gasteiger partial charge on any atom is -0.299 e. The molecule has 0 bridgehead atoms. The van der Waals surface area contributed by atoms with Crippen molar-refractivity contribution in [2.75, 3.05) is 13.1 Å². The van der Waals surface area contributed by atoms with Crippen LogP contribution in [0.25, 0.3) is 0 Å². The molecule has 0 amide bonds. The summed E-state index contributed by atoms with van der Waals surface area (Å²) in [7, 11) is 0. The zero-order chi connectivity index (χ0) is 11.4. The predicted octanol–water partition coefficient (Wildman–Crippen LogP) is 2.57. The van der Waals surface area contributed by atoms with Gasteiger partial charge in [-0.15, -0.1) is 0 Å². The van der Waals surface area contributed by atoms with Crippen LogP contribution in [0.2, 0.25) is 0 Å². The number of carbonyl (C=O) groups is 1. The minimum atomic E-state index is -0.357. The van der Waals surface area contributed by atoms with E-state index in [1.807, 2.05) is 24.3 Å². The van der Waals surface area contributed by atoms with E-state index >= 15 is 0 Å². The summed E-state index contributed by atoms with van der Waals surface area (Å²) in [5.41, 5.74) is 1.84. The Bertz CT molecular complexity index is 350. The molecule has 16 heavy (non-hydrogen) atoms. The van der Waals surface area contributed by atoms with Gasteiger partial charge in [0.05, 0.1) is 0 Å². The molecule has 1 aromatic rings. The van der Waals surface area contributed by atoms with E-state index in [1.165, 1.54) is 37.9 Å². The topological polar surface area (TPSA) is 20.3 Å². The standard InChI is InChI=1S/C14H17NO/c1-12(16)14-7-5-13(6-8-14)11-15-9-3-2-4-10-15/h1,5-8H,2-4,9-11H2. The number of Topliss-reactive ketones (excluding diaryl/α,β-unsaturated/α-hetero) is 1. The molecule has 1 fully saturated rings. The van der Waals surface area contributed by atoms with E-state index in [0.29, 0.717) is 5.56 Å². The largest absolute Gasteiger partial charge is 0.299 e. The summed E-state index contributed by atoms with van der Waals surface area (Å²) in [4.78, 5) is 13.4. The van der Waals surface area contributed by atoms with Gasteiger partial charge in [-0.1, -0.05) is 30.7 Å². The summed E-state index contributed by atoms with van der Waals surface area (Å²) < 4.78 is 0. The molecule has 0 saturated carbocycles. The number of likely N-dealkylation sites (tertiary alicyclic amines) is 1. The van der Waals surface area contributed by atoms with Crippen LogP contribution in [0.1, 0.15) is 35.2 Å². The third-order valence-electron chi connectivity index (χ3n) is 3.09. The van der Waals surface area contributed by atoms with Crippen LogP contribution in [0.4, 0.5) is 0 Å². The number of benzene rings is 1. The number of nitrogens with zero attached hydrogens (tertiary/aromatic N) is 1. The maximum Gasteiger partial charge on any atom is 0.167 e. The smallest absolute Gasteiger partial charge is 0.167 e. The second-order valence-electron chi connectivity index (χ2n) is 4.40. The van der Waals surface area contributed by atoms with E-state index in [-0.39, 0.29) is 5.78 Å². The Morgan fingerprint density at radius 3 is 2.31 bits per heavy atom. The fraction of sp³-hybridized carbons (Fsp3) is 0.429. The summed E-state index contributed by atoms with van der Waals surface area (Å²) >= 11 is 0. The van der Waals surface area contributed by atoms with Crippen LogP contribution < -0.4 is 0 Å². The van der Waals surface area contributed by atoms with E-state index in [1.54, 1.807) is 0 Å². The molecule has 1 aliphatic rings. The van der Waals surface area contributed by atoms with E-state index in [0.717, 1.165) is 6.54 Å². The highest BCUT2D eigenvalue weighted by atomic mass is 16.1. The minimum absolute atomic E-state index is 0.357. The van der Waals surface area contributed by atoms with Crippen LogP contribution in [0.3, 0.4) is 0 Å². The first-order valence-electron chi connectivity index (χ1n) is 5.87. The van der Waals surface area contributed by atoms with Gasteiger partial charge in [-0.3, -0.25) is 9.69 Å². The average Bonchev–Trinajstić information content (AvgIpc) is 2.31. The van der Waals surface area contributed by atoms with E-state index in [2.05, 4.69) is 4.90 Å². The highest BCUT2D eigenvalue weighted by molar-refractivity contribution is 5.99. The van der Waals surface area contributed by atoms with Gasteiger partial charge in [0.15, 0.2) is 5.78 Å². The molecule has 1 heterocycles. The van der Waals surface area contributed by atoms with Crippen molar-refractivity contribution in [3.8, 4) is 0 Å². The molecule has 0 aromatic heterocycles. The molecule has 2 nitrogen and oxygen atoms in total. The Balaban J connectivity index is 1.96. The summed E-state index contributed by atoms with van der Waals surface area (Å²) in [6.07, 6.45) is 3.97. The lowest BCUT2D eigenvalue weighted by atomic mass is 10.1. The van der Waals surface area contributed by atoms with Gasteiger partial charge in [-0.25, -0.2) is 0 Å². The third kappa shape index (κ3) is 2.92. The van der Waals surface area contributed by atoms with Crippen molar-refractivity contribution in [1.82, 2.24) is 4.90 Å².